The van der Waals surface area contributed by atoms with Gasteiger partial charge in [0.2, 0.25) is 0 Å². The first-order chi connectivity index (χ1) is 9.65. The fraction of sp³-hybridized carbons (Fsp3) is 0.688. The molecule has 20 heavy (non-hydrogen) atoms. The van der Waals surface area contributed by atoms with E-state index in [0.717, 1.165) is 43.5 Å². The van der Waals surface area contributed by atoms with Gasteiger partial charge in [-0.2, -0.15) is 0 Å². The van der Waals surface area contributed by atoms with E-state index in [1.54, 1.807) is 11.3 Å². The summed E-state index contributed by atoms with van der Waals surface area (Å²) in [6.07, 6.45) is 8.20. The van der Waals surface area contributed by atoms with Gasteiger partial charge in [0.05, 0.1) is 10.6 Å². The van der Waals surface area contributed by atoms with Crippen molar-refractivity contribution in [3.05, 3.63) is 16.0 Å². The zero-order chi connectivity index (χ0) is 14.5. The second-order valence-electron chi connectivity index (χ2n) is 5.70. The van der Waals surface area contributed by atoms with Crippen molar-refractivity contribution in [2.45, 2.75) is 58.8 Å². The van der Waals surface area contributed by atoms with Crippen LogP contribution < -0.4 is 5.73 Å². The summed E-state index contributed by atoms with van der Waals surface area (Å²) in [5, 5.41) is 0.713. The van der Waals surface area contributed by atoms with E-state index in [0.29, 0.717) is 5.00 Å². The Morgan fingerprint density at radius 1 is 1.25 bits per heavy atom. The number of nitrogens with zero attached hydrogens (tertiary/aromatic N) is 1. The zero-order valence-corrected chi connectivity index (χ0v) is 13.5. The monoisotopic (exact) mass is 294 g/mol. The molecule has 1 aliphatic rings. The summed E-state index contributed by atoms with van der Waals surface area (Å²) in [5.41, 5.74) is 8.03. The highest BCUT2D eigenvalue weighted by Crippen LogP contribution is 2.33. The number of piperidine rings is 1. The Morgan fingerprint density at radius 3 is 2.60 bits per heavy atom. The van der Waals surface area contributed by atoms with Crippen LogP contribution in [0.25, 0.3) is 0 Å². The van der Waals surface area contributed by atoms with Crippen LogP contribution in [-0.2, 0) is 6.42 Å². The van der Waals surface area contributed by atoms with Gasteiger partial charge in [0.25, 0.3) is 5.91 Å². The highest BCUT2D eigenvalue weighted by Gasteiger charge is 2.24. The molecule has 0 unspecified atom stereocenters. The van der Waals surface area contributed by atoms with Gasteiger partial charge in [-0.05, 0) is 44.6 Å². The van der Waals surface area contributed by atoms with Gasteiger partial charge in [0.1, 0.15) is 0 Å². The van der Waals surface area contributed by atoms with Crippen molar-refractivity contribution in [2.24, 2.45) is 0 Å². The molecule has 4 heteroatoms. The normalized spacial score (nSPS) is 15.6. The number of amides is 1. The van der Waals surface area contributed by atoms with Gasteiger partial charge in [-0.15, -0.1) is 11.3 Å². The lowest BCUT2D eigenvalue weighted by Crippen LogP contribution is -2.36. The van der Waals surface area contributed by atoms with Crippen molar-refractivity contribution >= 4 is 22.2 Å². The lowest BCUT2D eigenvalue weighted by atomic mass is 10.0. The van der Waals surface area contributed by atoms with Crippen LogP contribution in [0.3, 0.4) is 0 Å². The molecule has 2 N–H and O–H groups in total. The Balaban J connectivity index is 2.12. The van der Waals surface area contributed by atoms with E-state index in [9.17, 15) is 4.79 Å². The molecule has 0 saturated carbocycles. The third kappa shape index (κ3) is 3.35. The minimum absolute atomic E-state index is 0.151. The van der Waals surface area contributed by atoms with Crippen LogP contribution >= 0.6 is 11.3 Å². The van der Waals surface area contributed by atoms with Gasteiger partial charge in [-0.3, -0.25) is 4.79 Å². The minimum Gasteiger partial charge on any atom is -0.390 e. The molecule has 0 aliphatic carbocycles. The number of carbonyl (C=O) groups is 1. The Morgan fingerprint density at radius 2 is 1.95 bits per heavy atom. The number of likely N-dealkylation sites (tertiary alicyclic amines) is 1. The van der Waals surface area contributed by atoms with Crippen LogP contribution in [0.1, 0.15) is 66.2 Å². The second-order valence-corrected chi connectivity index (χ2v) is 6.84. The summed E-state index contributed by atoms with van der Waals surface area (Å²) in [4.78, 5) is 15.9. The molecule has 1 aliphatic heterocycles. The van der Waals surface area contributed by atoms with Gasteiger partial charge in [-0.25, -0.2) is 0 Å². The first kappa shape index (κ1) is 15.4. The fourth-order valence-electron chi connectivity index (χ4n) is 2.88. The predicted octanol–water partition coefficient (Wildman–Crippen LogP) is 4.00. The smallest absolute Gasteiger partial charge is 0.257 e. The van der Waals surface area contributed by atoms with E-state index in [1.807, 2.05) is 4.90 Å². The summed E-state index contributed by atoms with van der Waals surface area (Å²) in [5.74, 6) is 0.151. The van der Waals surface area contributed by atoms with Crippen LogP contribution in [0.4, 0.5) is 5.00 Å². The highest BCUT2D eigenvalue weighted by atomic mass is 32.1. The van der Waals surface area contributed by atoms with Crippen molar-refractivity contribution in [1.29, 1.82) is 0 Å². The third-order valence-electron chi connectivity index (χ3n) is 4.14. The molecule has 1 fully saturated rings. The molecule has 112 valence electrons. The molecular weight excluding hydrogens is 268 g/mol. The molecule has 1 amide bonds. The maximum absolute atomic E-state index is 12.6. The van der Waals surface area contributed by atoms with Crippen LogP contribution in [-0.4, -0.2) is 23.9 Å². The summed E-state index contributed by atoms with van der Waals surface area (Å²) in [6, 6.07) is 0. The number of rotatable bonds is 5. The van der Waals surface area contributed by atoms with Gasteiger partial charge < -0.3 is 10.6 Å². The average molecular weight is 294 g/mol. The van der Waals surface area contributed by atoms with Gasteiger partial charge in [-0.1, -0.05) is 19.8 Å². The molecular formula is C16H26N2OS. The van der Waals surface area contributed by atoms with Crippen molar-refractivity contribution in [3.8, 4) is 0 Å². The van der Waals surface area contributed by atoms with Crippen molar-refractivity contribution in [1.82, 2.24) is 4.90 Å². The molecule has 1 saturated heterocycles. The lowest BCUT2D eigenvalue weighted by Gasteiger charge is -2.27. The molecule has 1 aromatic rings. The number of thiophene rings is 1. The molecule has 0 aromatic carbocycles. The number of hydrogen-bond donors (Lipinski definition) is 1. The van der Waals surface area contributed by atoms with Gasteiger partial charge in [0.15, 0.2) is 0 Å². The SMILES string of the molecule is CCCCCc1sc(N)c(C(=O)N2CCCCC2)c1C. The van der Waals surface area contributed by atoms with Crippen molar-refractivity contribution < 1.29 is 4.79 Å². The van der Waals surface area contributed by atoms with E-state index in [-0.39, 0.29) is 5.91 Å². The number of hydrogen-bond acceptors (Lipinski definition) is 3. The molecule has 3 nitrogen and oxygen atoms in total. The van der Waals surface area contributed by atoms with Crippen LogP contribution in [0.2, 0.25) is 0 Å². The second kappa shape index (κ2) is 7.11. The molecule has 0 atom stereocenters. The number of aryl methyl sites for hydroxylation is 1. The standard InChI is InChI=1S/C16H26N2OS/c1-3-4-6-9-13-12(2)14(15(17)20-13)16(19)18-10-7-5-8-11-18/h3-11,17H2,1-2H3. The van der Waals surface area contributed by atoms with E-state index >= 15 is 0 Å². The molecule has 0 bridgehead atoms. The maximum atomic E-state index is 12.6. The summed E-state index contributed by atoms with van der Waals surface area (Å²) in [7, 11) is 0. The van der Waals surface area contributed by atoms with Crippen LogP contribution in [0, 0.1) is 6.92 Å². The molecule has 2 heterocycles. The largest absolute Gasteiger partial charge is 0.390 e. The average Bonchev–Trinajstić information content (AvgIpc) is 2.74. The van der Waals surface area contributed by atoms with Crippen LogP contribution in [0.5, 0.6) is 0 Å². The van der Waals surface area contributed by atoms with E-state index in [1.165, 1.54) is 30.6 Å². The summed E-state index contributed by atoms with van der Waals surface area (Å²) < 4.78 is 0. The zero-order valence-electron chi connectivity index (χ0n) is 12.7. The molecule has 0 radical (unpaired) electrons. The van der Waals surface area contributed by atoms with Crippen LogP contribution in [0.15, 0.2) is 0 Å². The van der Waals surface area contributed by atoms with Crippen molar-refractivity contribution in [2.75, 3.05) is 18.8 Å². The Labute approximate surface area is 126 Å². The van der Waals surface area contributed by atoms with E-state index in [2.05, 4.69) is 13.8 Å². The topological polar surface area (TPSA) is 46.3 Å². The summed E-state index contributed by atoms with van der Waals surface area (Å²) >= 11 is 1.61. The van der Waals surface area contributed by atoms with Crippen molar-refractivity contribution in [3.63, 3.8) is 0 Å². The number of nitrogens with two attached hydrogens (primary N) is 1. The quantitative estimate of drug-likeness (QED) is 0.834. The minimum atomic E-state index is 0.151. The van der Waals surface area contributed by atoms with E-state index in [4.69, 9.17) is 5.73 Å². The molecule has 0 spiro atoms. The summed E-state index contributed by atoms with van der Waals surface area (Å²) in [6.45, 7) is 6.05. The first-order valence-electron chi connectivity index (χ1n) is 7.82. The van der Waals surface area contributed by atoms with Gasteiger partial charge in [0, 0.05) is 18.0 Å². The Bertz CT molecular complexity index is 461. The van der Waals surface area contributed by atoms with Gasteiger partial charge >= 0.3 is 0 Å². The number of unbranched alkanes of at least 4 members (excludes halogenated alkanes) is 2. The molecule has 1 aromatic heterocycles. The first-order valence-corrected chi connectivity index (χ1v) is 8.63. The molecule has 2 rings (SSSR count). The fourth-order valence-corrected chi connectivity index (χ4v) is 3.99. The number of anilines is 1. The Hall–Kier alpha value is -1.03. The predicted molar refractivity (Wildman–Crippen MR) is 86.5 cm³/mol. The lowest BCUT2D eigenvalue weighted by molar-refractivity contribution is 0.0725. The van der Waals surface area contributed by atoms with E-state index < -0.39 is 0 Å². The highest BCUT2D eigenvalue weighted by molar-refractivity contribution is 7.16. The Kier molecular flexibility index (Phi) is 5.46. The third-order valence-corrected chi connectivity index (χ3v) is 5.32. The number of nitrogen functional groups attached to an aromatic ring is 1. The maximum Gasteiger partial charge on any atom is 0.257 e. The number of carbonyl (C=O) groups excluding carboxylic acids is 1.